The molecule has 1 amide bonds. The minimum Gasteiger partial charge on any atom is -0.319 e. The quantitative estimate of drug-likeness (QED) is 0.710. The molecule has 0 aliphatic heterocycles. The summed E-state index contributed by atoms with van der Waals surface area (Å²) in [6, 6.07) is 9.80. The van der Waals surface area contributed by atoms with Crippen molar-refractivity contribution in [2.45, 2.75) is 20.8 Å². The number of para-hydroxylation sites is 1. The molecular weight excluding hydrogens is 350 g/mol. The van der Waals surface area contributed by atoms with Crippen LogP contribution in [-0.4, -0.2) is 25.5 Å². The van der Waals surface area contributed by atoms with Gasteiger partial charge >= 0.3 is 0 Å². The molecule has 7 heteroatoms. The first-order valence-corrected chi connectivity index (χ1v) is 8.56. The Morgan fingerprint density at radius 1 is 1.12 bits per heavy atom. The van der Waals surface area contributed by atoms with Crippen molar-refractivity contribution < 1.29 is 4.79 Å². The van der Waals surface area contributed by atoms with Crippen molar-refractivity contribution in [3.05, 3.63) is 64.2 Å². The van der Waals surface area contributed by atoms with E-state index in [0.717, 1.165) is 28.3 Å². The fourth-order valence-electron chi connectivity index (χ4n) is 2.80. The van der Waals surface area contributed by atoms with Gasteiger partial charge in [-0.25, -0.2) is 4.68 Å². The van der Waals surface area contributed by atoms with Crippen LogP contribution in [0.15, 0.2) is 36.4 Å². The lowest BCUT2D eigenvalue weighted by atomic mass is 10.2. The topological polar surface area (TPSA) is 64.7 Å². The Labute approximate surface area is 157 Å². The van der Waals surface area contributed by atoms with Gasteiger partial charge in [-0.3, -0.25) is 9.48 Å². The van der Waals surface area contributed by atoms with Crippen LogP contribution in [0.5, 0.6) is 0 Å². The molecule has 2 heterocycles. The number of hydrogen-bond donors (Lipinski definition) is 1. The molecule has 2 aromatic heterocycles. The van der Waals surface area contributed by atoms with E-state index in [-0.39, 0.29) is 5.91 Å². The van der Waals surface area contributed by atoms with E-state index >= 15 is 0 Å². The molecule has 6 nitrogen and oxygen atoms in total. The molecule has 0 bridgehead atoms. The second-order valence-electron chi connectivity index (χ2n) is 6.03. The van der Waals surface area contributed by atoms with Crippen molar-refractivity contribution in [2.24, 2.45) is 7.05 Å². The summed E-state index contributed by atoms with van der Waals surface area (Å²) in [5.74, 6) is -0.247. The van der Waals surface area contributed by atoms with E-state index in [1.165, 1.54) is 6.08 Å². The third-order valence-corrected chi connectivity index (χ3v) is 4.59. The van der Waals surface area contributed by atoms with E-state index in [1.807, 2.05) is 55.8 Å². The van der Waals surface area contributed by atoms with Crippen molar-refractivity contribution >= 4 is 29.3 Å². The molecule has 0 radical (unpaired) electrons. The number of carbonyl (C=O) groups excluding carboxylic acids is 1. The maximum Gasteiger partial charge on any atom is 0.248 e. The highest BCUT2D eigenvalue weighted by Crippen LogP contribution is 2.23. The number of aromatic nitrogens is 4. The Hall–Kier alpha value is -2.86. The molecule has 134 valence electrons. The van der Waals surface area contributed by atoms with E-state index in [9.17, 15) is 4.79 Å². The minimum atomic E-state index is -0.247. The highest BCUT2D eigenvalue weighted by Gasteiger charge is 2.14. The van der Waals surface area contributed by atoms with E-state index in [0.29, 0.717) is 10.8 Å². The van der Waals surface area contributed by atoms with Gasteiger partial charge in [0.05, 0.1) is 28.5 Å². The van der Waals surface area contributed by atoms with Crippen molar-refractivity contribution in [1.29, 1.82) is 0 Å². The molecule has 1 N–H and O–H groups in total. The molecule has 0 atom stereocenters. The molecular formula is C19H20ClN5O. The van der Waals surface area contributed by atoms with Gasteiger partial charge in [-0.2, -0.15) is 10.2 Å². The van der Waals surface area contributed by atoms with E-state index in [2.05, 4.69) is 15.5 Å². The molecule has 3 rings (SSSR count). The number of nitrogens with zero attached hydrogens (tertiary/aromatic N) is 4. The zero-order valence-electron chi connectivity index (χ0n) is 15.1. The first kappa shape index (κ1) is 17.9. The Kier molecular flexibility index (Phi) is 4.95. The maximum absolute atomic E-state index is 12.4. The molecule has 0 fully saturated rings. The molecule has 0 saturated heterocycles. The van der Waals surface area contributed by atoms with E-state index < -0.39 is 0 Å². The van der Waals surface area contributed by atoms with E-state index in [1.54, 1.807) is 17.8 Å². The van der Waals surface area contributed by atoms with Gasteiger partial charge in [0.15, 0.2) is 0 Å². The number of amides is 1. The number of carbonyl (C=O) groups is 1. The summed E-state index contributed by atoms with van der Waals surface area (Å²) >= 11 is 6.18. The van der Waals surface area contributed by atoms with Crippen LogP contribution in [-0.2, 0) is 11.8 Å². The average molecular weight is 370 g/mol. The van der Waals surface area contributed by atoms with Gasteiger partial charge < -0.3 is 5.32 Å². The summed E-state index contributed by atoms with van der Waals surface area (Å²) < 4.78 is 3.39. The monoisotopic (exact) mass is 369 g/mol. The third kappa shape index (κ3) is 3.41. The normalized spacial score (nSPS) is 11.3. The highest BCUT2D eigenvalue weighted by atomic mass is 35.5. The second kappa shape index (κ2) is 7.17. The van der Waals surface area contributed by atoms with Gasteiger partial charge in [0.1, 0.15) is 5.15 Å². The zero-order chi connectivity index (χ0) is 18.8. The zero-order valence-corrected chi connectivity index (χ0v) is 15.9. The molecule has 0 aliphatic carbocycles. The van der Waals surface area contributed by atoms with Gasteiger partial charge in [-0.15, -0.1) is 0 Å². The predicted molar refractivity (Wildman–Crippen MR) is 104 cm³/mol. The molecule has 3 aromatic rings. The Morgan fingerprint density at radius 3 is 2.42 bits per heavy atom. The van der Waals surface area contributed by atoms with Crippen LogP contribution in [0.25, 0.3) is 11.8 Å². The fourth-order valence-corrected chi connectivity index (χ4v) is 3.04. The fraction of sp³-hybridized carbons (Fsp3) is 0.211. The average Bonchev–Trinajstić information content (AvgIpc) is 3.03. The molecule has 0 spiro atoms. The summed E-state index contributed by atoms with van der Waals surface area (Å²) in [6.07, 6.45) is 3.13. The third-order valence-electron chi connectivity index (χ3n) is 4.14. The molecule has 0 aliphatic rings. The molecule has 26 heavy (non-hydrogen) atoms. The summed E-state index contributed by atoms with van der Waals surface area (Å²) in [4.78, 5) is 12.4. The number of rotatable bonds is 4. The van der Waals surface area contributed by atoms with Crippen molar-refractivity contribution in [1.82, 2.24) is 19.6 Å². The number of halogens is 1. The number of aryl methyl sites for hydroxylation is 3. The number of hydrogen-bond acceptors (Lipinski definition) is 3. The minimum absolute atomic E-state index is 0.247. The Morgan fingerprint density at radius 2 is 1.81 bits per heavy atom. The molecule has 0 unspecified atom stereocenters. The summed E-state index contributed by atoms with van der Waals surface area (Å²) in [5, 5.41) is 12.2. The van der Waals surface area contributed by atoms with Crippen LogP contribution >= 0.6 is 11.6 Å². The summed E-state index contributed by atoms with van der Waals surface area (Å²) in [7, 11) is 1.76. The van der Waals surface area contributed by atoms with Gasteiger partial charge in [0.2, 0.25) is 5.91 Å². The van der Waals surface area contributed by atoms with Gasteiger partial charge in [-0.1, -0.05) is 29.8 Å². The van der Waals surface area contributed by atoms with Crippen LogP contribution in [0, 0.1) is 20.8 Å². The summed E-state index contributed by atoms with van der Waals surface area (Å²) in [5.41, 5.74) is 4.78. The number of anilines is 1. The smallest absolute Gasteiger partial charge is 0.248 e. The molecule has 1 aromatic carbocycles. The maximum atomic E-state index is 12.4. The Bertz CT molecular complexity index is 985. The number of benzene rings is 1. The lowest BCUT2D eigenvalue weighted by Gasteiger charge is -2.05. The second-order valence-corrected chi connectivity index (χ2v) is 6.39. The Balaban J connectivity index is 1.82. The first-order valence-electron chi connectivity index (χ1n) is 8.18. The SMILES string of the molecule is Cc1nn(C)c(Cl)c1/C=C/C(=O)Nc1c(C)nn(-c2ccccc2)c1C. The lowest BCUT2D eigenvalue weighted by molar-refractivity contribution is -0.111. The van der Waals surface area contributed by atoms with E-state index in [4.69, 9.17) is 11.6 Å². The number of nitrogens with one attached hydrogen (secondary N) is 1. The van der Waals surface area contributed by atoms with Crippen LogP contribution in [0.3, 0.4) is 0 Å². The first-order chi connectivity index (χ1) is 12.4. The van der Waals surface area contributed by atoms with Crippen molar-refractivity contribution in [2.75, 3.05) is 5.32 Å². The van der Waals surface area contributed by atoms with Crippen LogP contribution < -0.4 is 5.32 Å². The van der Waals surface area contributed by atoms with Crippen LogP contribution in [0.1, 0.15) is 22.6 Å². The summed E-state index contributed by atoms with van der Waals surface area (Å²) in [6.45, 7) is 5.64. The van der Waals surface area contributed by atoms with Crippen LogP contribution in [0.2, 0.25) is 5.15 Å². The lowest BCUT2D eigenvalue weighted by Crippen LogP contribution is -2.09. The van der Waals surface area contributed by atoms with Gasteiger partial charge in [-0.05, 0) is 39.0 Å². The van der Waals surface area contributed by atoms with Crippen molar-refractivity contribution in [3.8, 4) is 5.69 Å². The standard InChI is InChI=1S/C19H20ClN5O/c1-12-16(19(20)24(4)22-12)10-11-17(26)21-18-13(2)23-25(14(18)3)15-8-6-5-7-9-15/h5-11H,1-4H3,(H,21,26)/b11-10+. The van der Waals surface area contributed by atoms with Gasteiger partial charge in [0, 0.05) is 18.7 Å². The largest absolute Gasteiger partial charge is 0.319 e. The molecule has 0 saturated carbocycles. The van der Waals surface area contributed by atoms with Crippen LogP contribution in [0.4, 0.5) is 5.69 Å². The highest BCUT2D eigenvalue weighted by molar-refractivity contribution is 6.31. The predicted octanol–water partition coefficient (Wildman–Crippen LogP) is 3.84. The van der Waals surface area contributed by atoms with Gasteiger partial charge in [0.25, 0.3) is 0 Å². The van der Waals surface area contributed by atoms with Crippen molar-refractivity contribution in [3.63, 3.8) is 0 Å².